The van der Waals surface area contributed by atoms with E-state index in [1.54, 1.807) is 7.11 Å². The zero-order chi connectivity index (χ0) is 22.5. The van der Waals surface area contributed by atoms with E-state index in [1.165, 1.54) is 22.3 Å². The number of hydrogen-bond acceptors (Lipinski definition) is 5. The molecule has 1 N–H and O–H groups in total. The van der Waals surface area contributed by atoms with Crippen LogP contribution in [0.15, 0.2) is 54.9 Å². The Hall–Kier alpha value is -2.67. The molecule has 1 aromatic heterocycles. The minimum Gasteiger partial charge on any atom is -0.496 e. The SMILES string of the molecule is COc1ccc(CN2CCN(Cc3cnn(-c4ccccc4)c3)CC2CCO)c(C)c1C. The molecule has 3 aromatic rings. The zero-order valence-electron chi connectivity index (χ0n) is 19.4. The fraction of sp³-hybridized carbons (Fsp3) is 0.423. The highest BCUT2D eigenvalue weighted by atomic mass is 16.5. The van der Waals surface area contributed by atoms with Crippen LogP contribution in [-0.4, -0.2) is 64.1 Å². The van der Waals surface area contributed by atoms with Crippen molar-refractivity contribution in [2.45, 2.75) is 39.4 Å². The Morgan fingerprint density at radius 1 is 1.03 bits per heavy atom. The largest absolute Gasteiger partial charge is 0.496 e. The first kappa shape index (κ1) is 22.5. The molecule has 0 amide bonds. The van der Waals surface area contributed by atoms with Gasteiger partial charge in [0, 0.05) is 57.1 Å². The molecular weight excluding hydrogens is 400 g/mol. The molecule has 2 heterocycles. The van der Waals surface area contributed by atoms with Crippen molar-refractivity contribution in [2.75, 3.05) is 33.4 Å². The predicted molar refractivity (Wildman–Crippen MR) is 127 cm³/mol. The molecule has 0 spiro atoms. The number of aliphatic hydroxyl groups is 1. The third-order valence-electron chi connectivity index (χ3n) is 6.66. The maximum atomic E-state index is 9.70. The van der Waals surface area contributed by atoms with Crippen LogP contribution in [0.25, 0.3) is 5.69 Å². The van der Waals surface area contributed by atoms with Crippen molar-refractivity contribution in [1.82, 2.24) is 19.6 Å². The first-order valence-electron chi connectivity index (χ1n) is 11.4. The van der Waals surface area contributed by atoms with Gasteiger partial charge >= 0.3 is 0 Å². The van der Waals surface area contributed by atoms with Crippen LogP contribution in [0.2, 0.25) is 0 Å². The molecule has 1 atom stereocenters. The number of benzene rings is 2. The number of ether oxygens (including phenoxy) is 1. The molecule has 6 nitrogen and oxygen atoms in total. The molecule has 1 aliphatic heterocycles. The second kappa shape index (κ2) is 10.3. The maximum absolute atomic E-state index is 9.70. The summed E-state index contributed by atoms with van der Waals surface area (Å²) in [5, 5.41) is 14.2. The Kier molecular flexibility index (Phi) is 7.25. The van der Waals surface area contributed by atoms with Crippen LogP contribution in [0, 0.1) is 13.8 Å². The first-order valence-corrected chi connectivity index (χ1v) is 11.4. The van der Waals surface area contributed by atoms with Gasteiger partial charge in [-0.1, -0.05) is 24.3 Å². The molecule has 1 fully saturated rings. The lowest BCUT2D eigenvalue weighted by atomic mass is 10.00. The van der Waals surface area contributed by atoms with Crippen LogP contribution >= 0.6 is 0 Å². The molecule has 32 heavy (non-hydrogen) atoms. The van der Waals surface area contributed by atoms with Crippen molar-refractivity contribution in [3.8, 4) is 11.4 Å². The zero-order valence-corrected chi connectivity index (χ0v) is 19.4. The lowest BCUT2D eigenvalue weighted by Gasteiger charge is -2.41. The predicted octanol–water partition coefficient (Wildman–Crippen LogP) is 3.57. The van der Waals surface area contributed by atoms with Crippen LogP contribution in [0.5, 0.6) is 5.75 Å². The van der Waals surface area contributed by atoms with Gasteiger partial charge in [0.1, 0.15) is 5.75 Å². The van der Waals surface area contributed by atoms with Gasteiger partial charge < -0.3 is 9.84 Å². The van der Waals surface area contributed by atoms with Gasteiger partial charge in [-0.2, -0.15) is 5.10 Å². The Balaban J connectivity index is 1.41. The van der Waals surface area contributed by atoms with Gasteiger partial charge in [-0.05, 0) is 55.2 Å². The van der Waals surface area contributed by atoms with Gasteiger partial charge in [-0.15, -0.1) is 0 Å². The molecule has 2 aromatic carbocycles. The summed E-state index contributed by atoms with van der Waals surface area (Å²) < 4.78 is 7.41. The molecule has 0 bridgehead atoms. The van der Waals surface area contributed by atoms with E-state index in [1.807, 2.05) is 29.1 Å². The number of para-hydroxylation sites is 1. The normalized spacial score (nSPS) is 17.6. The van der Waals surface area contributed by atoms with Crippen LogP contribution in [0.3, 0.4) is 0 Å². The lowest BCUT2D eigenvalue weighted by molar-refractivity contribution is 0.0498. The smallest absolute Gasteiger partial charge is 0.122 e. The van der Waals surface area contributed by atoms with E-state index in [0.29, 0.717) is 6.04 Å². The number of aromatic nitrogens is 2. The van der Waals surface area contributed by atoms with Crippen LogP contribution < -0.4 is 4.74 Å². The van der Waals surface area contributed by atoms with E-state index in [9.17, 15) is 5.11 Å². The summed E-state index contributed by atoms with van der Waals surface area (Å²) in [5.74, 6) is 0.944. The van der Waals surface area contributed by atoms with Crippen molar-refractivity contribution in [3.63, 3.8) is 0 Å². The summed E-state index contributed by atoms with van der Waals surface area (Å²) in [6, 6.07) is 14.8. The number of nitrogens with zero attached hydrogens (tertiary/aromatic N) is 4. The highest BCUT2D eigenvalue weighted by Crippen LogP contribution is 2.26. The molecule has 6 heteroatoms. The van der Waals surface area contributed by atoms with Crippen molar-refractivity contribution in [3.05, 3.63) is 77.1 Å². The van der Waals surface area contributed by atoms with Gasteiger partial charge in [0.25, 0.3) is 0 Å². The molecule has 1 unspecified atom stereocenters. The third kappa shape index (κ3) is 5.04. The van der Waals surface area contributed by atoms with Crippen LogP contribution in [0.1, 0.15) is 28.7 Å². The molecule has 0 radical (unpaired) electrons. The van der Waals surface area contributed by atoms with E-state index < -0.39 is 0 Å². The molecule has 170 valence electrons. The van der Waals surface area contributed by atoms with Crippen molar-refractivity contribution < 1.29 is 9.84 Å². The van der Waals surface area contributed by atoms with Crippen LogP contribution in [-0.2, 0) is 13.1 Å². The number of aliphatic hydroxyl groups excluding tert-OH is 1. The van der Waals surface area contributed by atoms with Gasteiger partial charge in [0.2, 0.25) is 0 Å². The van der Waals surface area contributed by atoms with Crippen molar-refractivity contribution in [2.24, 2.45) is 0 Å². The summed E-state index contributed by atoms with van der Waals surface area (Å²) in [4.78, 5) is 5.00. The van der Waals surface area contributed by atoms with E-state index in [2.05, 4.69) is 59.2 Å². The minimum atomic E-state index is 0.210. The van der Waals surface area contributed by atoms with Gasteiger partial charge in [-0.25, -0.2) is 4.68 Å². The monoisotopic (exact) mass is 434 g/mol. The topological polar surface area (TPSA) is 53.8 Å². The van der Waals surface area contributed by atoms with Crippen molar-refractivity contribution >= 4 is 0 Å². The molecule has 0 aliphatic carbocycles. The standard InChI is InChI=1S/C26H34N4O2/c1-20-21(2)26(32-3)10-9-23(20)18-29-13-12-28(19-25(29)11-14-31)16-22-15-27-30(17-22)24-7-5-4-6-8-24/h4-10,15,17,25,31H,11-14,16,18-19H2,1-3H3. The fourth-order valence-electron chi connectivity index (χ4n) is 4.62. The second-order valence-corrected chi connectivity index (χ2v) is 8.68. The maximum Gasteiger partial charge on any atom is 0.122 e. The summed E-state index contributed by atoms with van der Waals surface area (Å²) in [5.41, 5.74) is 6.13. The highest BCUT2D eigenvalue weighted by Gasteiger charge is 2.27. The Morgan fingerprint density at radius 2 is 1.84 bits per heavy atom. The lowest BCUT2D eigenvalue weighted by Crippen LogP contribution is -2.52. The molecule has 1 aliphatic rings. The van der Waals surface area contributed by atoms with Gasteiger partial charge in [0.05, 0.1) is 19.0 Å². The summed E-state index contributed by atoms with van der Waals surface area (Å²) >= 11 is 0. The molecule has 1 saturated heterocycles. The first-order chi connectivity index (χ1) is 15.6. The molecular formula is C26H34N4O2. The highest BCUT2D eigenvalue weighted by molar-refractivity contribution is 5.43. The fourth-order valence-corrected chi connectivity index (χ4v) is 4.62. The van der Waals surface area contributed by atoms with Gasteiger partial charge in [0.15, 0.2) is 0 Å². The molecule has 0 saturated carbocycles. The quantitative estimate of drug-likeness (QED) is 0.588. The summed E-state index contributed by atoms with van der Waals surface area (Å²) in [7, 11) is 1.72. The van der Waals surface area contributed by atoms with E-state index in [4.69, 9.17) is 4.74 Å². The number of hydrogen-bond donors (Lipinski definition) is 1. The number of rotatable bonds is 8. The molecule has 4 rings (SSSR count). The Labute approximate surface area is 191 Å². The Morgan fingerprint density at radius 3 is 2.59 bits per heavy atom. The average molecular weight is 435 g/mol. The van der Waals surface area contributed by atoms with Gasteiger partial charge in [-0.3, -0.25) is 9.80 Å². The average Bonchev–Trinajstić information content (AvgIpc) is 3.28. The van der Waals surface area contributed by atoms with E-state index in [0.717, 1.165) is 50.6 Å². The van der Waals surface area contributed by atoms with Crippen LogP contribution in [0.4, 0.5) is 0 Å². The Bertz CT molecular complexity index is 1020. The third-order valence-corrected chi connectivity index (χ3v) is 6.66. The van der Waals surface area contributed by atoms with Crippen molar-refractivity contribution in [1.29, 1.82) is 0 Å². The number of piperazine rings is 1. The summed E-state index contributed by atoms with van der Waals surface area (Å²) in [6.45, 7) is 9.23. The minimum absolute atomic E-state index is 0.210. The summed E-state index contributed by atoms with van der Waals surface area (Å²) in [6.07, 6.45) is 4.87. The van der Waals surface area contributed by atoms with E-state index in [-0.39, 0.29) is 6.61 Å². The number of methoxy groups -OCH3 is 1. The second-order valence-electron chi connectivity index (χ2n) is 8.68. The van der Waals surface area contributed by atoms with E-state index >= 15 is 0 Å².